The standard InChI is InChI=1S/C23H23Cl2N5O2/c1-13(2)22(31)27-19(14-8-4-5-9-16(14)24)23(32)30-12-15-20(25)28-29(3)21(15)26-17-10-6-7-11-18(17)30/h4-11,13,19,26H,12H2,1-3H3,(H,27,31). The highest BCUT2D eigenvalue weighted by Gasteiger charge is 2.34. The van der Waals surface area contributed by atoms with E-state index in [0.29, 0.717) is 32.8 Å². The smallest absolute Gasteiger partial charge is 0.254 e. The number of anilines is 3. The summed E-state index contributed by atoms with van der Waals surface area (Å²) in [6, 6.07) is 13.5. The molecule has 2 amide bonds. The summed E-state index contributed by atoms with van der Waals surface area (Å²) in [5, 5.41) is 11.2. The zero-order valence-corrected chi connectivity index (χ0v) is 19.4. The number of para-hydroxylation sites is 2. The normalized spacial score (nSPS) is 13.6. The summed E-state index contributed by atoms with van der Waals surface area (Å²) in [5.41, 5.74) is 2.61. The second-order valence-corrected chi connectivity index (χ2v) is 8.69. The highest BCUT2D eigenvalue weighted by molar-refractivity contribution is 6.32. The topological polar surface area (TPSA) is 79.3 Å². The van der Waals surface area contributed by atoms with Crippen molar-refractivity contribution in [3.8, 4) is 0 Å². The van der Waals surface area contributed by atoms with Gasteiger partial charge in [0.2, 0.25) is 5.91 Å². The molecule has 0 spiro atoms. The number of nitrogens with zero attached hydrogens (tertiary/aromatic N) is 3. The summed E-state index contributed by atoms with van der Waals surface area (Å²) < 4.78 is 1.65. The number of carbonyl (C=O) groups excluding carboxylic acids is 2. The van der Waals surface area contributed by atoms with Gasteiger partial charge in [0, 0.05) is 23.6 Å². The molecule has 0 bridgehead atoms. The van der Waals surface area contributed by atoms with Gasteiger partial charge in [0.05, 0.1) is 23.5 Å². The average Bonchev–Trinajstić information content (AvgIpc) is 2.93. The Kier molecular flexibility index (Phi) is 6.13. The molecule has 0 aliphatic carbocycles. The Hall–Kier alpha value is -3.03. The number of aromatic nitrogens is 2. The van der Waals surface area contributed by atoms with E-state index >= 15 is 0 Å². The molecule has 0 radical (unpaired) electrons. The average molecular weight is 472 g/mol. The number of amides is 2. The number of fused-ring (bicyclic) bond motifs is 2. The number of halogens is 2. The van der Waals surface area contributed by atoms with Crippen molar-refractivity contribution in [2.75, 3.05) is 10.2 Å². The third-order valence-corrected chi connectivity index (χ3v) is 6.05. The van der Waals surface area contributed by atoms with Gasteiger partial charge in [0.1, 0.15) is 11.9 Å². The van der Waals surface area contributed by atoms with Crippen molar-refractivity contribution in [3.63, 3.8) is 0 Å². The molecule has 2 aromatic carbocycles. The van der Waals surface area contributed by atoms with Gasteiger partial charge >= 0.3 is 0 Å². The van der Waals surface area contributed by atoms with E-state index in [9.17, 15) is 9.59 Å². The van der Waals surface area contributed by atoms with Crippen molar-refractivity contribution in [1.82, 2.24) is 15.1 Å². The van der Waals surface area contributed by atoms with E-state index in [0.717, 1.165) is 5.69 Å². The zero-order chi connectivity index (χ0) is 23.0. The van der Waals surface area contributed by atoms with E-state index in [1.54, 1.807) is 54.7 Å². The van der Waals surface area contributed by atoms with Crippen LogP contribution in [-0.4, -0.2) is 21.6 Å². The Morgan fingerprint density at radius 2 is 1.78 bits per heavy atom. The Balaban J connectivity index is 1.83. The van der Waals surface area contributed by atoms with Gasteiger partial charge in [0.25, 0.3) is 5.91 Å². The Labute approximate surface area is 196 Å². The van der Waals surface area contributed by atoms with Crippen LogP contribution in [0.15, 0.2) is 48.5 Å². The van der Waals surface area contributed by atoms with Crippen LogP contribution in [0.25, 0.3) is 0 Å². The van der Waals surface area contributed by atoms with Crippen LogP contribution in [-0.2, 0) is 23.2 Å². The fraction of sp³-hybridized carbons (Fsp3) is 0.261. The number of carbonyl (C=O) groups is 2. The van der Waals surface area contributed by atoms with Gasteiger partial charge in [-0.15, -0.1) is 0 Å². The van der Waals surface area contributed by atoms with Crippen molar-refractivity contribution in [2.45, 2.75) is 26.4 Å². The van der Waals surface area contributed by atoms with Crippen LogP contribution in [0.3, 0.4) is 0 Å². The monoisotopic (exact) mass is 471 g/mol. The lowest BCUT2D eigenvalue weighted by molar-refractivity contribution is -0.129. The van der Waals surface area contributed by atoms with Crippen molar-refractivity contribution in [3.05, 3.63) is 69.8 Å². The molecule has 1 aromatic heterocycles. The summed E-state index contributed by atoms with van der Waals surface area (Å²) in [6.07, 6.45) is 0. The van der Waals surface area contributed by atoms with E-state index in [2.05, 4.69) is 15.7 Å². The zero-order valence-electron chi connectivity index (χ0n) is 17.9. The maximum absolute atomic E-state index is 14.0. The van der Waals surface area contributed by atoms with Crippen LogP contribution < -0.4 is 15.5 Å². The van der Waals surface area contributed by atoms with E-state index in [1.165, 1.54) is 0 Å². The third-order valence-electron chi connectivity index (χ3n) is 5.40. The van der Waals surface area contributed by atoms with E-state index in [-0.39, 0.29) is 24.3 Å². The molecule has 1 unspecified atom stereocenters. The first-order valence-corrected chi connectivity index (χ1v) is 11.0. The Bertz CT molecular complexity index is 1190. The molecule has 2 heterocycles. The Morgan fingerprint density at radius 1 is 1.09 bits per heavy atom. The predicted octanol–water partition coefficient (Wildman–Crippen LogP) is 4.83. The van der Waals surface area contributed by atoms with Gasteiger partial charge in [0.15, 0.2) is 5.15 Å². The molecular formula is C23H23Cl2N5O2. The number of hydrogen-bond donors (Lipinski definition) is 2. The molecule has 7 nitrogen and oxygen atoms in total. The lowest BCUT2D eigenvalue weighted by atomic mass is 10.0. The summed E-state index contributed by atoms with van der Waals surface area (Å²) >= 11 is 12.8. The summed E-state index contributed by atoms with van der Waals surface area (Å²) in [7, 11) is 1.78. The predicted molar refractivity (Wildman–Crippen MR) is 126 cm³/mol. The second kappa shape index (κ2) is 8.84. The molecule has 0 fully saturated rings. The maximum atomic E-state index is 14.0. The second-order valence-electron chi connectivity index (χ2n) is 7.93. The van der Waals surface area contributed by atoms with Crippen molar-refractivity contribution in [2.24, 2.45) is 13.0 Å². The van der Waals surface area contributed by atoms with Gasteiger partial charge in [-0.05, 0) is 18.2 Å². The molecule has 9 heteroatoms. The van der Waals surface area contributed by atoms with Gasteiger partial charge in [-0.25, -0.2) is 0 Å². The van der Waals surface area contributed by atoms with Crippen molar-refractivity contribution in [1.29, 1.82) is 0 Å². The van der Waals surface area contributed by atoms with Gasteiger partial charge in [-0.3, -0.25) is 14.3 Å². The van der Waals surface area contributed by atoms with Crippen molar-refractivity contribution >= 4 is 52.2 Å². The minimum absolute atomic E-state index is 0.184. The largest absolute Gasteiger partial charge is 0.340 e. The first-order valence-electron chi connectivity index (χ1n) is 10.2. The fourth-order valence-electron chi connectivity index (χ4n) is 3.66. The van der Waals surface area contributed by atoms with Gasteiger partial charge < -0.3 is 15.5 Å². The lowest BCUT2D eigenvalue weighted by Crippen LogP contribution is -2.44. The van der Waals surface area contributed by atoms with Crippen LogP contribution in [0, 0.1) is 5.92 Å². The van der Waals surface area contributed by atoms with E-state index in [1.807, 2.05) is 24.3 Å². The molecule has 3 aromatic rings. The third kappa shape index (κ3) is 4.06. The number of nitrogens with one attached hydrogen (secondary N) is 2. The summed E-state index contributed by atoms with van der Waals surface area (Å²) in [5.74, 6) is -0.165. The molecule has 166 valence electrons. The van der Waals surface area contributed by atoms with Crippen LogP contribution in [0.5, 0.6) is 0 Å². The molecule has 1 aliphatic rings. The van der Waals surface area contributed by atoms with Gasteiger partial charge in [-0.2, -0.15) is 5.10 Å². The number of benzene rings is 2. The highest BCUT2D eigenvalue weighted by atomic mass is 35.5. The van der Waals surface area contributed by atoms with Crippen molar-refractivity contribution < 1.29 is 9.59 Å². The van der Waals surface area contributed by atoms with E-state index in [4.69, 9.17) is 23.2 Å². The van der Waals surface area contributed by atoms with Crippen LogP contribution in [0.2, 0.25) is 10.2 Å². The maximum Gasteiger partial charge on any atom is 0.254 e. The molecule has 2 N–H and O–H groups in total. The first kappa shape index (κ1) is 22.2. The molecule has 32 heavy (non-hydrogen) atoms. The number of aryl methyl sites for hydroxylation is 1. The highest BCUT2D eigenvalue weighted by Crippen LogP contribution is 2.39. The number of rotatable bonds is 4. The van der Waals surface area contributed by atoms with Crippen LogP contribution in [0.4, 0.5) is 17.2 Å². The molecule has 0 saturated heterocycles. The summed E-state index contributed by atoms with van der Waals surface area (Å²) in [6.45, 7) is 3.73. The minimum atomic E-state index is -0.969. The molecule has 1 aliphatic heterocycles. The SMILES string of the molecule is CC(C)C(=O)NC(C(=O)N1Cc2c(Cl)nn(C)c2Nc2ccccc21)c1ccccc1Cl. The first-order chi connectivity index (χ1) is 15.3. The summed E-state index contributed by atoms with van der Waals surface area (Å²) in [4.78, 5) is 28.2. The number of hydrogen-bond acceptors (Lipinski definition) is 4. The van der Waals surface area contributed by atoms with E-state index < -0.39 is 6.04 Å². The lowest BCUT2D eigenvalue weighted by Gasteiger charge is -2.29. The molecular weight excluding hydrogens is 449 g/mol. The van der Waals surface area contributed by atoms with Gasteiger partial charge in [-0.1, -0.05) is 67.4 Å². The minimum Gasteiger partial charge on any atom is -0.340 e. The van der Waals surface area contributed by atoms with Crippen LogP contribution in [0.1, 0.15) is 31.0 Å². The Morgan fingerprint density at radius 3 is 2.50 bits per heavy atom. The molecule has 0 saturated carbocycles. The van der Waals surface area contributed by atoms with Crippen LogP contribution >= 0.6 is 23.2 Å². The molecule has 4 rings (SSSR count). The molecule has 1 atom stereocenters. The fourth-order valence-corrected chi connectivity index (χ4v) is 4.17. The quantitative estimate of drug-likeness (QED) is 0.570.